The summed E-state index contributed by atoms with van der Waals surface area (Å²) in [5, 5.41) is 20.6. The summed E-state index contributed by atoms with van der Waals surface area (Å²) in [5.41, 5.74) is 1.34. The number of carbonyl (C=O) groups is 1. The van der Waals surface area contributed by atoms with E-state index in [0.717, 1.165) is 23.7 Å². The second kappa shape index (κ2) is 6.04. The molecule has 0 bridgehead atoms. The van der Waals surface area contributed by atoms with Gasteiger partial charge in [0, 0.05) is 25.2 Å². The maximum absolute atomic E-state index is 12.8. The van der Waals surface area contributed by atoms with Crippen LogP contribution >= 0.6 is 11.3 Å². The van der Waals surface area contributed by atoms with Gasteiger partial charge in [-0.25, -0.2) is 9.78 Å². The van der Waals surface area contributed by atoms with Gasteiger partial charge in [-0.15, -0.1) is 21.5 Å². The molecule has 0 radical (unpaired) electrons. The van der Waals surface area contributed by atoms with Crippen LogP contribution in [0.15, 0.2) is 24.1 Å². The molecular formula is C14H16N8OS. The van der Waals surface area contributed by atoms with Gasteiger partial charge in [0.05, 0.1) is 17.9 Å². The van der Waals surface area contributed by atoms with Crippen LogP contribution in [0.25, 0.3) is 10.7 Å². The number of anilines is 1. The molecule has 3 aromatic heterocycles. The molecule has 1 fully saturated rings. The fourth-order valence-electron chi connectivity index (χ4n) is 2.95. The van der Waals surface area contributed by atoms with Gasteiger partial charge in [0.2, 0.25) is 0 Å². The van der Waals surface area contributed by atoms with Crippen LogP contribution < -0.4 is 5.32 Å². The number of hydrogen-bond acceptors (Lipinski definition) is 6. The molecule has 1 atom stereocenters. The molecule has 2 N–H and O–H groups in total. The van der Waals surface area contributed by atoms with Gasteiger partial charge in [-0.2, -0.15) is 5.10 Å². The van der Waals surface area contributed by atoms with E-state index in [1.54, 1.807) is 23.6 Å². The van der Waals surface area contributed by atoms with Crippen molar-refractivity contribution in [2.75, 3.05) is 11.9 Å². The van der Waals surface area contributed by atoms with E-state index in [2.05, 4.69) is 30.7 Å². The van der Waals surface area contributed by atoms with Gasteiger partial charge in [0.25, 0.3) is 0 Å². The lowest BCUT2D eigenvalue weighted by molar-refractivity contribution is 0.204. The highest BCUT2D eigenvalue weighted by atomic mass is 32.1. The summed E-state index contributed by atoms with van der Waals surface area (Å²) in [5.74, 6) is 0.801. The number of aryl methyl sites for hydroxylation is 1. The van der Waals surface area contributed by atoms with Gasteiger partial charge >= 0.3 is 6.03 Å². The SMILES string of the molecule is Cn1cnnc1[C@H]1CCCN1C(=O)Nc1cn[nH]c1-c1nccs1. The van der Waals surface area contributed by atoms with Crippen molar-refractivity contribution < 1.29 is 4.79 Å². The molecule has 4 rings (SSSR count). The monoisotopic (exact) mass is 344 g/mol. The van der Waals surface area contributed by atoms with Crippen molar-refractivity contribution in [3.8, 4) is 10.7 Å². The Kier molecular flexibility index (Phi) is 3.73. The van der Waals surface area contributed by atoms with E-state index < -0.39 is 0 Å². The second-order valence-electron chi connectivity index (χ2n) is 5.58. The molecule has 10 heteroatoms. The van der Waals surface area contributed by atoms with E-state index in [0.29, 0.717) is 17.9 Å². The molecule has 0 saturated carbocycles. The molecule has 0 spiro atoms. The Morgan fingerprint density at radius 2 is 2.42 bits per heavy atom. The molecule has 0 aliphatic carbocycles. The molecule has 4 heterocycles. The quantitative estimate of drug-likeness (QED) is 0.756. The lowest BCUT2D eigenvalue weighted by atomic mass is 10.2. The third-order valence-electron chi connectivity index (χ3n) is 4.09. The summed E-state index contributed by atoms with van der Waals surface area (Å²) in [6.45, 7) is 0.688. The molecule has 1 aliphatic heterocycles. The molecule has 1 saturated heterocycles. The Bertz CT molecular complexity index is 839. The second-order valence-corrected chi connectivity index (χ2v) is 6.47. The van der Waals surface area contributed by atoms with Gasteiger partial charge in [0.1, 0.15) is 17.0 Å². The normalized spacial score (nSPS) is 17.4. The predicted molar refractivity (Wildman–Crippen MR) is 88.4 cm³/mol. The number of thiazole rings is 1. The number of aromatic nitrogens is 6. The number of carbonyl (C=O) groups excluding carboxylic acids is 1. The number of nitrogens with one attached hydrogen (secondary N) is 2. The average Bonchev–Trinajstić information content (AvgIpc) is 3.34. The van der Waals surface area contributed by atoms with Crippen molar-refractivity contribution >= 4 is 23.1 Å². The first-order valence-corrected chi connectivity index (χ1v) is 8.47. The van der Waals surface area contributed by atoms with Crippen LogP contribution in [-0.4, -0.2) is 47.4 Å². The third kappa shape index (κ3) is 2.54. The van der Waals surface area contributed by atoms with E-state index >= 15 is 0 Å². The standard InChI is InChI=1S/C14H16N8OS/c1-21-8-17-20-12(21)10-3-2-5-22(10)14(23)18-9-7-16-19-11(9)13-15-4-6-24-13/h4,6-8,10H,2-3,5H2,1H3,(H,16,19)(H,18,23)/t10-/m1/s1. The minimum Gasteiger partial charge on any atom is -0.319 e. The summed E-state index contributed by atoms with van der Waals surface area (Å²) in [6, 6.07) is -0.229. The number of H-pyrrole nitrogens is 1. The lowest BCUT2D eigenvalue weighted by Gasteiger charge is -2.24. The number of rotatable bonds is 3. The lowest BCUT2D eigenvalue weighted by Crippen LogP contribution is -2.35. The molecule has 3 aromatic rings. The summed E-state index contributed by atoms with van der Waals surface area (Å²) in [4.78, 5) is 18.8. The van der Waals surface area contributed by atoms with E-state index in [1.807, 2.05) is 17.0 Å². The van der Waals surface area contributed by atoms with E-state index in [9.17, 15) is 4.79 Å². The third-order valence-corrected chi connectivity index (χ3v) is 4.88. The van der Waals surface area contributed by atoms with Gasteiger partial charge < -0.3 is 14.8 Å². The number of nitrogens with zero attached hydrogens (tertiary/aromatic N) is 6. The van der Waals surface area contributed by atoms with Crippen molar-refractivity contribution in [3.05, 3.63) is 29.9 Å². The zero-order valence-corrected chi connectivity index (χ0v) is 13.8. The molecule has 124 valence electrons. The molecule has 1 aliphatic rings. The Labute approximate surface area is 141 Å². The molecule has 9 nitrogen and oxygen atoms in total. The highest BCUT2D eigenvalue weighted by Gasteiger charge is 2.33. The Morgan fingerprint density at radius 1 is 1.50 bits per heavy atom. The van der Waals surface area contributed by atoms with Crippen LogP contribution in [0.5, 0.6) is 0 Å². The zero-order chi connectivity index (χ0) is 16.5. The Balaban J connectivity index is 1.55. The van der Waals surface area contributed by atoms with Crippen LogP contribution in [0.4, 0.5) is 10.5 Å². The summed E-state index contributed by atoms with van der Waals surface area (Å²) in [7, 11) is 1.89. The van der Waals surface area contributed by atoms with Crippen LogP contribution in [0.1, 0.15) is 24.7 Å². The molecular weight excluding hydrogens is 328 g/mol. The summed E-state index contributed by atoms with van der Waals surface area (Å²) >= 11 is 1.49. The average molecular weight is 344 g/mol. The van der Waals surface area contributed by atoms with E-state index in [-0.39, 0.29) is 12.1 Å². The topological polar surface area (TPSA) is 105 Å². The zero-order valence-electron chi connectivity index (χ0n) is 13.0. The van der Waals surface area contributed by atoms with Gasteiger partial charge in [0.15, 0.2) is 5.82 Å². The van der Waals surface area contributed by atoms with Gasteiger partial charge in [-0.05, 0) is 12.8 Å². The number of amides is 2. The smallest absolute Gasteiger partial charge is 0.319 e. The first-order chi connectivity index (χ1) is 11.7. The first kappa shape index (κ1) is 14.8. The Morgan fingerprint density at radius 3 is 3.17 bits per heavy atom. The maximum Gasteiger partial charge on any atom is 0.322 e. The fourth-order valence-corrected chi connectivity index (χ4v) is 3.60. The fraction of sp³-hybridized carbons (Fsp3) is 0.357. The van der Waals surface area contributed by atoms with Crippen molar-refractivity contribution in [1.82, 2.24) is 34.8 Å². The largest absolute Gasteiger partial charge is 0.322 e. The highest BCUT2D eigenvalue weighted by Crippen LogP contribution is 2.32. The minimum atomic E-state index is -0.167. The van der Waals surface area contributed by atoms with Crippen LogP contribution in [0.3, 0.4) is 0 Å². The number of hydrogen-bond donors (Lipinski definition) is 2. The Hall–Kier alpha value is -2.75. The number of likely N-dealkylation sites (tertiary alicyclic amines) is 1. The van der Waals surface area contributed by atoms with Crippen molar-refractivity contribution in [3.63, 3.8) is 0 Å². The van der Waals surface area contributed by atoms with Gasteiger partial charge in [-0.3, -0.25) is 5.10 Å². The van der Waals surface area contributed by atoms with E-state index in [4.69, 9.17) is 0 Å². The van der Waals surface area contributed by atoms with Gasteiger partial charge in [-0.1, -0.05) is 0 Å². The molecule has 2 amide bonds. The molecule has 0 unspecified atom stereocenters. The van der Waals surface area contributed by atoms with E-state index in [1.165, 1.54) is 11.3 Å². The van der Waals surface area contributed by atoms with Crippen LogP contribution in [0.2, 0.25) is 0 Å². The highest BCUT2D eigenvalue weighted by molar-refractivity contribution is 7.13. The summed E-state index contributed by atoms with van der Waals surface area (Å²) < 4.78 is 1.86. The van der Waals surface area contributed by atoms with Crippen LogP contribution in [0, 0.1) is 0 Å². The first-order valence-electron chi connectivity index (χ1n) is 7.59. The van der Waals surface area contributed by atoms with Crippen molar-refractivity contribution in [1.29, 1.82) is 0 Å². The summed E-state index contributed by atoms with van der Waals surface area (Å²) in [6.07, 6.45) is 6.79. The number of urea groups is 1. The molecule has 0 aromatic carbocycles. The predicted octanol–water partition coefficient (Wildman–Crippen LogP) is 2.03. The van der Waals surface area contributed by atoms with Crippen molar-refractivity contribution in [2.45, 2.75) is 18.9 Å². The van der Waals surface area contributed by atoms with Crippen molar-refractivity contribution in [2.24, 2.45) is 7.05 Å². The molecule has 24 heavy (non-hydrogen) atoms. The maximum atomic E-state index is 12.8. The minimum absolute atomic E-state index is 0.0623. The number of aromatic amines is 1. The van der Waals surface area contributed by atoms with Crippen LogP contribution in [-0.2, 0) is 7.05 Å².